The summed E-state index contributed by atoms with van der Waals surface area (Å²) in [5, 5.41) is -0.0569. The van der Waals surface area contributed by atoms with E-state index < -0.39 is 22.8 Å². The Morgan fingerprint density at radius 3 is 1.66 bits per heavy atom. The van der Waals surface area contributed by atoms with Gasteiger partial charge in [-0.3, -0.25) is 23.5 Å². The molecule has 0 atom stereocenters. The van der Waals surface area contributed by atoms with Crippen molar-refractivity contribution in [1.29, 1.82) is 0 Å². The van der Waals surface area contributed by atoms with E-state index in [1.54, 1.807) is 55.5 Å². The van der Waals surface area contributed by atoms with E-state index in [2.05, 4.69) is 4.98 Å². The molecule has 5 rings (SSSR count). The van der Waals surface area contributed by atoms with Crippen LogP contribution >= 0.6 is 43.3 Å². The summed E-state index contributed by atoms with van der Waals surface area (Å²) >= 11 is 0. The number of halogens is 2. The molecule has 7 nitrogen and oxygen atoms in total. The molecule has 192 valence electrons. The third kappa shape index (κ3) is 4.05. The van der Waals surface area contributed by atoms with Gasteiger partial charge in [-0.05, 0) is 85.1 Å². The highest BCUT2D eigenvalue weighted by Gasteiger charge is 2.38. The molecule has 4 aromatic rings. The molecule has 0 saturated heterocycles. The fourth-order valence-electron chi connectivity index (χ4n) is 4.74. The summed E-state index contributed by atoms with van der Waals surface area (Å²) in [6.07, 6.45) is 0.312. The Morgan fingerprint density at radius 2 is 1.21 bits per heavy atom. The number of fused-ring (bicyclic) bond motifs is 3. The number of ketones is 2. The zero-order valence-corrected chi connectivity index (χ0v) is 23.5. The number of hydrogen-bond acceptors (Lipinski definition) is 7. The van der Waals surface area contributed by atoms with Gasteiger partial charge in [0.25, 0.3) is 5.56 Å². The Hall–Kier alpha value is -3.11. The quantitative estimate of drug-likeness (QED) is 0.298. The topological polar surface area (TPSA) is 91.0 Å². The number of allylic oxidation sites excluding steroid dienone is 2. The fraction of sp³-hybridized carbons (Fsp3) is 0.148. The number of Topliss-reactive ketones (excluding diaryl/α,β-unsaturated/α-hetero) is 2. The van der Waals surface area contributed by atoms with E-state index in [-0.39, 0.29) is 33.3 Å². The fourth-order valence-corrected chi connectivity index (χ4v) is 5.83. The molecule has 1 aliphatic rings. The summed E-state index contributed by atoms with van der Waals surface area (Å²) in [6, 6.07) is 14.0. The minimum absolute atomic E-state index is 0.0319. The average molecular weight is 585 g/mol. The summed E-state index contributed by atoms with van der Waals surface area (Å²) in [4.78, 5) is 60.9. The summed E-state index contributed by atoms with van der Waals surface area (Å²) in [6.45, 7) is 1.80. The van der Waals surface area contributed by atoms with Crippen molar-refractivity contribution >= 4 is 77.1 Å². The van der Waals surface area contributed by atoms with Crippen molar-refractivity contribution in [2.24, 2.45) is 14.1 Å². The van der Waals surface area contributed by atoms with E-state index in [0.717, 1.165) is 36.3 Å². The SMILES string of the molecule is CCc1nc2c(c3c1C(=O)C(c1ccc(SCl)cc1)=C(c1ccc(SCl)cc1)C3=O)c(=O)n(C)c(=O)n2C. The molecule has 0 N–H and O–H groups in total. The standard InChI is InChI=1S/C27H19Cl2N3O4S2/c1-4-17-20-21(22-25(30-17)31(2)27(36)32(3)26(22)35)24(34)19(14-7-11-16(38-29)12-8-14)18(23(20)33)13-5-9-15(37-28)10-6-13/h5-12H,4H2,1-3H3. The van der Waals surface area contributed by atoms with Crippen LogP contribution in [-0.4, -0.2) is 25.7 Å². The highest BCUT2D eigenvalue weighted by molar-refractivity contribution is 8.21. The number of pyridine rings is 1. The lowest BCUT2D eigenvalue weighted by Crippen LogP contribution is -2.39. The molecule has 2 aromatic heterocycles. The maximum Gasteiger partial charge on any atom is 0.332 e. The van der Waals surface area contributed by atoms with E-state index in [0.29, 0.717) is 23.2 Å². The van der Waals surface area contributed by atoms with Gasteiger partial charge >= 0.3 is 5.69 Å². The number of benzene rings is 2. The number of carbonyl (C=O) groups is 2. The number of rotatable bonds is 5. The van der Waals surface area contributed by atoms with Crippen LogP contribution in [0.25, 0.3) is 22.2 Å². The molecule has 1 aliphatic carbocycles. The van der Waals surface area contributed by atoms with Crippen LogP contribution in [0.5, 0.6) is 0 Å². The van der Waals surface area contributed by atoms with Crippen molar-refractivity contribution in [1.82, 2.24) is 14.1 Å². The third-order valence-electron chi connectivity index (χ3n) is 6.62. The summed E-state index contributed by atoms with van der Waals surface area (Å²) in [5.41, 5.74) is 0.595. The van der Waals surface area contributed by atoms with Crippen LogP contribution < -0.4 is 11.2 Å². The Morgan fingerprint density at radius 1 is 0.737 bits per heavy atom. The molecule has 0 amide bonds. The number of aromatic nitrogens is 3. The number of carbonyl (C=O) groups excluding carboxylic acids is 2. The van der Waals surface area contributed by atoms with Crippen LogP contribution in [-0.2, 0) is 20.5 Å². The number of hydrogen-bond donors (Lipinski definition) is 0. The maximum absolute atomic E-state index is 14.4. The van der Waals surface area contributed by atoms with Crippen LogP contribution in [0, 0.1) is 0 Å². The average Bonchev–Trinajstić information content (AvgIpc) is 2.95. The first kappa shape index (κ1) is 26.5. The zero-order chi connectivity index (χ0) is 27.3. The van der Waals surface area contributed by atoms with E-state index in [1.165, 1.54) is 18.7 Å². The van der Waals surface area contributed by atoms with Gasteiger partial charge in [-0.1, -0.05) is 31.2 Å². The first-order valence-electron chi connectivity index (χ1n) is 11.5. The van der Waals surface area contributed by atoms with Crippen LogP contribution in [0.3, 0.4) is 0 Å². The van der Waals surface area contributed by atoms with Gasteiger partial charge in [-0.2, -0.15) is 0 Å². The summed E-state index contributed by atoms with van der Waals surface area (Å²) < 4.78 is 2.14. The molecular weight excluding hydrogens is 565 g/mol. The molecule has 38 heavy (non-hydrogen) atoms. The predicted octanol–water partition coefficient (Wildman–Crippen LogP) is 5.68. The summed E-state index contributed by atoms with van der Waals surface area (Å²) in [5.74, 6) is -0.909. The molecule has 0 saturated carbocycles. The van der Waals surface area contributed by atoms with E-state index in [1.807, 2.05) is 0 Å². The highest BCUT2D eigenvalue weighted by Crippen LogP contribution is 2.41. The number of aryl methyl sites for hydroxylation is 2. The van der Waals surface area contributed by atoms with Gasteiger partial charge in [-0.15, -0.1) is 0 Å². The molecule has 11 heteroatoms. The van der Waals surface area contributed by atoms with Crippen LogP contribution in [0.2, 0.25) is 0 Å². The van der Waals surface area contributed by atoms with Gasteiger partial charge in [-0.25, -0.2) is 9.78 Å². The zero-order valence-electron chi connectivity index (χ0n) is 20.4. The Labute approximate surface area is 234 Å². The lowest BCUT2D eigenvalue weighted by atomic mass is 9.77. The van der Waals surface area contributed by atoms with Gasteiger partial charge in [0.1, 0.15) is 5.65 Å². The van der Waals surface area contributed by atoms with Gasteiger partial charge < -0.3 is 0 Å². The van der Waals surface area contributed by atoms with Crippen LogP contribution in [0.1, 0.15) is 44.5 Å². The molecule has 0 spiro atoms. The van der Waals surface area contributed by atoms with Crippen molar-refractivity contribution in [3.63, 3.8) is 0 Å². The van der Waals surface area contributed by atoms with Gasteiger partial charge in [0.2, 0.25) is 0 Å². The van der Waals surface area contributed by atoms with Gasteiger partial charge in [0.15, 0.2) is 11.6 Å². The molecule has 2 aromatic carbocycles. The third-order valence-corrected chi connectivity index (χ3v) is 8.59. The second-order valence-electron chi connectivity index (χ2n) is 8.68. The van der Waals surface area contributed by atoms with Crippen molar-refractivity contribution in [3.05, 3.63) is 97.3 Å². The lowest BCUT2D eigenvalue weighted by molar-refractivity contribution is 0.101. The second-order valence-corrected chi connectivity index (χ2v) is 10.9. The van der Waals surface area contributed by atoms with E-state index in [9.17, 15) is 19.2 Å². The Bertz CT molecular complexity index is 1810. The van der Waals surface area contributed by atoms with E-state index in [4.69, 9.17) is 21.4 Å². The van der Waals surface area contributed by atoms with Crippen molar-refractivity contribution < 1.29 is 9.59 Å². The lowest BCUT2D eigenvalue weighted by Gasteiger charge is -2.25. The summed E-state index contributed by atoms with van der Waals surface area (Å²) in [7, 11) is 16.7. The Kier molecular flexibility index (Phi) is 7.13. The molecule has 0 aliphatic heterocycles. The second kappa shape index (κ2) is 10.2. The molecule has 2 heterocycles. The number of nitrogens with zero attached hydrogens (tertiary/aromatic N) is 3. The van der Waals surface area contributed by atoms with E-state index >= 15 is 0 Å². The minimum atomic E-state index is -0.684. The van der Waals surface area contributed by atoms with Crippen molar-refractivity contribution in [3.8, 4) is 0 Å². The smallest absolute Gasteiger partial charge is 0.289 e. The molecule has 0 radical (unpaired) electrons. The highest BCUT2D eigenvalue weighted by atomic mass is 35.7. The molecule has 0 unspecified atom stereocenters. The van der Waals surface area contributed by atoms with Crippen molar-refractivity contribution in [2.45, 2.75) is 23.1 Å². The monoisotopic (exact) mass is 583 g/mol. The first-order valence-corrected chi connectivity index (χ1v) is 14.8. The first-order chi connectivity index (χ1) is 18.2. The normalized spacial score (nSPS) is 13.4. The van der Waals surface area contributed by atoms with Gasteiger partial charge in [0.05, 0.1) is 22.2 Å². The maximum atomic E-state index is 14.4. The largest absolute Gasteiger partial charge is 0.332 e. The minimum Gasteiger partial charge on any atom is -0.289 e. The molecular formula is C27H19Cl2N3O4S2. The Balaban J connectivity index is 1.93. The van der Waals surface area contributed by atoms with Crippen LogP contribution in [0.15, 0.2) is 67.9 Å². The predicted molar refractivity (Wildman–Crippen MR) is 153 cm³/mol. The molecule has 0 bridgehead atoms. The van der Waals surface area contributed by atoms with Crippen molar-refractivity contribution in [2.75, 3.05) is 0 Å². The van der Waals surface area contributed by atoms with Crippen LogP contribution in [0.4, 0.5) is 0 Å². The van der Waals surface area contributed by atoms with Gasteiger partial charge in [0, 0.05) is 35.0 Å². The molecule has 0 fully saturated rings.